The van der Waals surface area contributed by atoms with Gasteiger partial charge in [-0.25, -0.2) is 4.79 Å². The van der Waals surface area contributed by atoms with Crippen molar-refractivity contribution in [3.8, 4) is 0 Å². The number of carbonyl (C=O) groups is 2. The number of hydrogen-bond acceptors (Lipinski definition) is 2. The highest BCUT2D eigenvalue weighted by Crippen LogP contribution is 2.24. The van der Waals surface area contributed by atoms with E-state index in [4.69, 9.17) is 0 Å². The minimum absolute atomic E-state index is 0.0704. The number of carboxylic acids is 1. The van der Waals surface area contributed by atoms with Crippen molar-refractivity contribution in [3.05, 3.63) is 34.3 Å². The third-order valence-electron chi connectivity index (χ3n) is 3.46. The molecule has 1 heterocycles. The summed E-state index contributed by atoms with van der Waals surface area (Å²) in [6.45, 7) is 0.511. The van der Waals surface area contributed by atoms with Gasteiger partial charge in [0.05, 0.1) is 0 Å². The van der Waals surface area contributed by atoms with Gasteiger partial charge < -0.3 is 10.0 Å². The number of halogens is 2. The highest BCUT2D eigenvalue weighted by molar-refractivity contribution is 9.10. The molecule has 0 radical (unpaired) electrons. The molecule has 0 saturated carbocycles. The molecular formula is C14H15Br2NO3. The van der Waals surface area contributed by atoms with E-state index >= 15 is 0 Å². The molecule has 2 atom stereocenters. The first kappa shape index (κ1) is 15.5. The Morgan fingerprint density at radius 1 is 1.40 bits per heavy atom. The molecule has 4 nitrogen and oxygen atoms in total. The topological polar surface area (TPSA) is 57.6 Å². The van der Waals surface area contributed by atoms with Crippen LogP contribution in [0.2, 0.25) is 0 Å². The van der Waals surface area contributed by atoms with Crippen molar-refractivity contribution in [2.45, 2.75) is 18.9 Å². The van der Waals surface area contributed by atoms with Crippen LogP contribution < -0.4 is 0 Å². The fourth-order valence-corrected chi connectivity index (χ4v) is 3.09. The second-order valence-electron chi connectivity index (χ2n) is 4.96. The van der Waals surface area contributed by atoms with E-state index in [9.17, 15) is 14.7 Å². The van der Waals surface area contributed by atoms with Crippen molar-refractivity contribution < 1.29 is 14.7 Å². The summed E-state index contributed by atoms with van der Waals surface area (Å²) in [5, 5.41) is 10.1. The van der Waals surface area contributed by atoms with Crippen molar-refractivity contribution in [1.82, 2.24) is 4.90 Å². The van der Waals surface area contributed by atoms with E-state index in [1.807, 2.05) is 24.3 Å². The molecule has 2 unspecified atom stereocenters. The van der Waals surface area contributed by atoms with Gasteiger partial charge in [-0.2, -0.15) is 0 Å². The van der Waals surface area contributed by atoms with E-state index in [1.165, 1.54) is 4.90 Å². The standard InChI is InChI=1S/C14H15Br2NO3/c15-7-10-6-13(18)17(8-10)12(14(19)20)5-9-1-3-11(16)4-2-9/h1-4,10,12H,5-8H2,(H,19,20). The average molecular weight is 405 g/mol. The van der Waals surface area contributed by atoms with Crippen molar-refractivity contribution in [2.24, 2.45) is 5.92 Å². The highest BCUT2D eigenvalue weighted by Gasteiger charge is 2.37. The second-order valence-corrected chi connectivity index (χ2v) is 6.52. The normalized spacial score (nSPS) is 20.2. The zero-order chi connectivity index (χ0) is 14.7. The van der Waals surface area contributed by atoms with Gasteiger partial charge in [-0.3, -0.25) is 4.79 Å². The number of benzene rings is 1. The van der Waals surface area contributed by atoms with Gasteiger partial charge in [0.25, 0.3) is 0 Å². The summed E-state index contributed by atoms with van der Waals surface area (Å²) in [5.74, 6) is -0.815. The zero-order valence-electron chi connectivity index (χ0n) is 10.8. The van der Waals surface area contributed by atoms with Crippen LogP contribution in [0.1, 0.15) is 12.0 Å². The van der Waals surface area contributed by atoms with Crippen LogP contribution in [0, 0.1) is 5.92 Å². The number of amides is 1. The molecule has 108 valence electrons. The minimum Gasteiger partial charge on any atom is -0.480 e. The largest absolute Gasteiger partial charge is 0.480 e. The van der Waals surface area contributed by atoms with Gasteiger partial charge >= 0.3 is 5.97 Å². The second kappa shape index (κ2) is 6.72. The maximum atomic E-state index is 12.0. The Kier molecular flexibility index (Phi) is 5.21. The Hall–Kier alpha value is -0.880. The minimum atomic E-state index is -0.948. The van der Waals surface area contributed by atoms with Crippen LogP contribution in [0.3, 0.4) is 0 Å². The summed E-state index contributed by atoms with van der Waals surface area (Å²) >= 11 is 6.71. The molecule has 1 saturated heterocycles. The lowest BCUT2D eigenvalue weighted by Crippen LogP contribution is -2.43. The summed E-state index contributed by atoms with van der Waals surface area (Å²) < 4.78 is 0.949. The van der Waals surface area contributed by atoms with Crippen LogP contribution in [-0.2, 0) is 16.0 Å². The molecular weight excluding hydrogens is 390 g/mol. The first-order valence-electron chi connectivity index (χ1n) is 6.34. The number of aliphatic carboxylic acids is 1. The summed E-state index contributed by atoms with van der Waals surface area (Å²) in [5.41, 5.74) is 0.913. The molecule has 20 heavy (non-hydrogen) atoms. The summed E-state index contributed by atoms with van der Waals surface area (Å²) in [4.78, 5) is 24.9. The molecule has 0 spiro atoms. The Bertz CT molecular complexity index is 504. The van der Waals surface area contributed by atoms with Crippen molar-refractivity contribution in [1.29, 1.82) is 0 Å². The van der Waals surface area contributed by atoms with Gasteiger partial charge in [-0.05, 0) is 23.6 Å². The first-order valence-corrected chi connectivity index (χ1v) is 8.25. The van der Waals surface area contributed by atoms with Crippen LogP contribution in [-0.4, -0.2) is 39.8 Å². The number of hydrogen-bond donors (Lipinski definition) is 1. The van der Waals surface area contributed by atoms with Gasteiger partial charge in [0.15, 0.2) is 0 Å². The quantitative estimate of drug-likeness (QED) is 0.767. The molecule has 1 amide bonds. The van der Waals surface area contributed by atoms with Crippen LogP contribution in [0.4, 0.5) is 0 Å². The van der Waals surface area contributed by atoms with E-state index < -0.39 is 12.0 Å². The molecule has 0 aliphatic carbocycles. The fraction of sp³-hybridized carbons (Fsp3) is 0.429. The summed E-state index contributed by atoms with van der Waals surface area (Å²) in [6, 6.07) is 6.72. The maximum Gasteiger partial charge on any atom is 0.326 e. The molecule has 1 aromatic rings. The van der Waals surface area contributed by atoms with Gasteiger partial charge in [0.2, 0.25) is 5.91 Å². The van der Waals surface area contributed by atoms with Gasteiger partial charge in [-0.1, -0.05) is 44.0 Å². The van der Waals surface area contributed by atoms with Crippen LogP contribution in [0.15, 0.2) is 28.7 Å². The van der Waals surface area contributed by atoms with Crippen molar-refractivity contribution >= 4 is 43.7 Å². The van der Waals surface area contributed by atoms with E-state index in [2.05, 4.69) is 31.9 Å². The molecule has 1 fully saturated rings. The molecule has 1 N–H and O–H groups in total. The molecule has 0 aromatic heterocycles. The van der Waals surface area contributed by atoms with Crippen molar-refractivity contribution in [2.75, 3.05) is 11.9 Å². The third kappa shape index (κ3) is 3.61. The first-order chi connectivity index (χ1) is 9.51. The Labute approximate surface area is 134 Å². The average Bonchev–Trinajstić information content (AvgIpc) is 2.79. The van der Waals surface area contributed by atoms with Crippen LogP contribution in [0.5, 0.6) is 0 Å². The number of carbonyl (C=O) groups excluding carboxylic acids is 1. The third-order valence-corrected chi connectivity index (χ3v) is 4.90. The smallest absolute Gasteiger partial charge is 0.326 e. The predicted molar refractivity (Wildman–Crippen MR) is 82.9 cm³/mol. The molecule has 1 aliphatic heterocycles. The number of nitrogens with zero attached hydrogens (tertiary/aromatic N) is 1. The Balaban J connectivity index is 2.13. The lowest BCUT2D eigenvalue weighted by molar-refractivity contribution is -0.148. The maximum absolute atomic E-state index is 12.0. The number of alkyl halides is 1. The van der Waals surface area contributed by atoms with E-state index in [1.54, 1.807) is 0 Å². The van der Waals surface area contributed by atoms with E-state index in [0.29, 0.717) is 19.4 Å². The molecule has 1 aliphatic rings. The number of likely N-dealkylation sites (tertiary alicyclic amines) is 1. The summed E-state index contributed by atoms with van der Waals surface area (Å²) in [7, 11) is 0. The van der Waals surface area contributed by atoms with Gasteiger partial charge in [0.1, 0.15) is 6.04 Å². The fourth-order valence-electron chi connectivity index (χ4n) is 2.39. The monoisotopic (exact) mass is 403 g/mol. The molecule has 6 heteroatoms. The van der Waals surface area contributed by atoms with Gasteiger partial charge in [-0.15, -0.1) is 0 Å². The SMILES string of the molecule is O=C(O)C(Cc1ccc(Br)cc1)N1CC(CBr)CC1=O. The number of rotatable bonds is 5. The number of carboxylic acid groups (broad SMARTS) is 1. The lowest BCUT2D eigenvalue weighted by Gasteiger charge is -2.24. The zero-order valence-corrected chi connectivity index (χ0v) is 13.9. The predicted octanol–water partition coefficient (Wildman–Crippen LogP) is 2.69. The van der Waals surface area contributed by atoms with Gasteiger partial charge in [0, 0.05) is 29.2 Å². The van der Waals surface area contributed by atoms with Crippen molar-refractivity contribution in [3.63, 3.8) is 0 Å². The highest BCUT2D eigenvalue weighted by atomic mass is 79.9. The van der Waals surface area contributed by atoms with Crippen LogP contribution in [0.25, 0.3) is 0 Å². The summed E-state index contributed by atoms with van der Waals surface area (Å²) in [6.07, 6.45) is 0.763. The lowest BCUT2D eigenvalue weighted by atomic mass is 10.0. The van der Waals surface area contributed by atoms with Crippen LogP contribution >= 0.6 is 31.9 Å². The van der Waals surface area contributed by atoms with E-state index in [-0.39, 0.29) is 11.8 Å². The molecule has 1 aromatic carbocycles. The van der Waals surface area contributed by atoms with E-state index in [0.717, 1.165) is 15.4 Å². The Morgan fingerprint density at radius 2 is 2.05 bits per heavy atom. The molecule has 2 rings (SSSR count). The molecule has 0 bridgehead atoms. The Morgan fingerprint density at radius 3 is 2.55 bits per heavy atom.